The van der Waals surface area contributed by atoms with Crippen molar-refractivity contribution in [2.75, 3.05) is 0 Å². The normalized spacial score (nSPS) is 11.9. The van der Waals surface area contributed by atoms with E-state index in [1.165, 1.54) is 61.0 Å². The maximum absolute atomic E-state index is 5.01. The van der Waals surface area contributed by atoms with E-state index in [0.717, 1.165) is 22.1 Å². The molecule has 0 fully saturated rings. The van der Waals surface area contributed by atoms with E-state index in [1.807, 2.05) is 0 Å². The monoisotopic (exact) mass is 520 g/mol. The van der Waals surface area contributed by atoms with Crippen LogP contribution in [0, 0.1) is 0 Å². The molecule has 1 aliphatic carbocycles. The van der Waals surface area contributed by atoms with Crippen LogP contribution < -0.4 is 0 Å². The predicted molar refractivity (Wildman–Crippen MR) is 171 cm³/mol. The highest BCUT2D eigenvalue weighted by molar-refractivity contribution is 6.08. The summed E-state index contributed by atoms with van der Waals surface area (Å²) in [6.45, 7) is 0. The Balaban J connectivity index is 1.38. The molecular weight excluding hydrogens is 496 g/mol. The molecule has 0 saturated heterocycles. The number of para-hydroxylation sites is 2. The molecule has 2 heteroatoms. The minimum absolute atomic E-state index is 0.993. The molecule has 2 nitrogen and oxygen atoms in total. The summed E-state index contributed by atoms with van der Waals surface area (Å²) < 4.78 is 2.25. The van der Waals surface area contributed by atoms with Gasteiger partial charge in [0, 0.05) is 17.1 Å². The van der Waals surface area contributed by atoms with Crippen LogP contribution in [-0.4, -0.2) is 9.38 Å². The lowest BCUT2D eigenvalue weighted by Crippen LogP contribution is -1.97. The van der Waals surface area contributed by atoms with E-state index in [4.69, 9.17) is 4.98 Å². The zero-order chi connectivity index (χ0) is 26.9. The van der Waals surface area contributed by atoms with Crippen molar-refractivity contribution in [3.63, 3.8) is 0 Å². The molecule has 0 radical (unpaired) electrons. The summed E-state index contributed by atoms with van der Waals surface area (Å²) in [7, 11) is 0. The third-order valence-electron chi connectivity index (χ3n) is 8.58. The van der Waals surface area contributed by atoms with Crippen molar-refractivity contribution in [3.05, 3.63) is 146 Å². The molecule has 0 atom stereocenters. The first-order valence-corrected chi connectivity index (χ1v) is 14.1. The van der Waals surface area contributed by atoms with E-state index < -0.39 is 0 Å². The number of rotatable bonds is 1. The topological polar surface area (TPSA) is 17.3 Å². The van der Waals surface area contributed by atoms with Crippen molar-refractivity contribution in [1.29, 1.82) is 0 Å². The quantitative estimate of drug-likeness (QED) is 0.210. The van der Waals surface area contributed by atoms with Gasteiger partial charge in [-0.25, -0.2) is 4.98 Å². The van der Waals surface area contributed by atoms with Crippen molar-refractivity contribution in [3.8, 4) is 55.6 Å². The van der Waals surface area contributed by atoms with Gasteiger partial charge in [-0.3, -0.25) is 4.40 Å². The van der Waals surface area contributed by atoms with Crippen LogP contribution >= 0.6 is 0 Å². The molecule has 0 saturated carbocycles. The van der Waals surface area contributed by atoms with Gasteiger partial charge in [-0.1, -0.05) is 121 Å². The van der Waals surface area contributed by atoms with Crippen LogP contribution in [0.15, 0.2) is 146 Å². The van der Waals surface area contributed by atoms with E-state index in [9.17, 15) is 0 Å². The fourth-order valence-electron chi connectivity index (χ4n) is 6.73. The van der Waals surface area contributed by atoms with Gasteiger partial charge in [-0.2, -0.15) is 0 Å². The molecule has 0 spiro atoms. The van der Waals surface area contributed by atoms with Crippen molar-refractivity contribution >= 4 is 27.5 Å². The second-order valence-electron chi connectivity index (χ2n) is 10.8. The molecule has 0 unspecified atom stereocenters. The van der Waals surface area contributed by atoms with Gasteiger partial charge in [0.15, 0.2) is 0 Å². The van der Waals surface area contributed by atoms with Gasteiger partial charge in [-0.15, -0.1) is 0 Å². The molecular formula is C39H24N2. The summed E-state index contributed by atoms with van der Waals surface area (Å²) in [4.78, 5) is 5.01. The predicted octanol–water partition coefficient (Wildman–Crippen LogP) is 10.3. The summed E-state index contributed by atoms with van der Waals surface area (Å²) in [6, 6.07) is 50.5. The fourth-order valence-corrected chi connectivity index (χ4v) is 6.73. The molecule has 1 aliphatic rings. The average molecular weight is 521 g/mol. The van der Waals surface area contributed by atoms with Crippen molar-refractivity contribution in [2.45, 2.75) is 0 Å². The molecule has 190 valence electrons. The maximum Gasteiger partial charge on any atom is 0.145 e. The van der Waals surface area contributed by atoms with Crippen LogP contribution in [0.25, 0.3) is 83.1 Å². The number of hydrogen-bond donors (Lipinski definition) is 0. The van der Waals surface area contributed by atoms with Crippen molar-refractivity contribution < 1.29 is 0 Å². The maximum atomic E-state index is 5.01. The number of hydrogen-bond acceptors (Lipinski definition) is 1. The van der Waals surface area contributed by atoms with Gasteiger partial charge in [0.25, 0.3) is 0 Å². The van der Waals surface area contributed by atoms with Gasteiger partial charge >= 0.3 is 0 Å². The second kappa shape index (κ2) is 8.51. The van der Waals surface area contributed by atoms with Crippen LogP contribution in [0.2, 0.25) is 0 Å². The lowest BCUT2D eigenvalue weighted by molar-refractivity contribution is 1.25. The Morgan fingerprint density at radius 1 is 0.390 bits per heavy atom. The van der Waals surface area contributed by atoms with Crippen LogP contribution in [0.4, 0.5) is 0 Å². The van der Waals surface area contributed by atoms with Gasteiger partial charge in [-0.05, 0) is 73.7 Å². The lowest BCUT2D eigenvalue weighted by Gasteiger charge is -2.23. The summed E-state index contributed by atoms with van der Waals surface area (Å²) in [5, 5.41) is 2.37. The molecule has 6 aromatic carbocycles. The van der Waals surface area contributed by atoms with E-state index >= 15 is 0 Å². The van der Waals surface area contributed by atoms with Crippen LogP contribution in [-0.2, 0) is 0 Å². The van der Waals surface area contributed by atoms with Crippen molar-refractivity contribution in [1.82, 2.24) is 9.38 Å². The minimum atomic E-state index is 0.993. The van der Waals surface area contributed by atoms with E-state index in [1.54, 1.807) is 0 Å². The first kappa shape index (κ1) is 22.4. The SMILES string of the molecule is c1ccc2c(c1)-c1ccccc1-c1ccc(-c3cn4c5ccccc5nc4c4ccccc34)cc1-c1ccccc1-2. The Morgan fingerprint density at radius 3 is 1.51 bits per heavy atom. The Labute approximate surface area is 237 Å². The first-order valence-electron chi connectivity index (χ1n) is 14.1. The number of pyridine rings is 1. The van der Waals surface area contributed by atoms with Crippen LogP contribution in [0.3, 0.4) is 0 Å². The van der Waals surface area contributed by atoms with Gasteiger partial charge in [0.2, 0.25) is 0 Å². The molecule has 41 heavy (non-hydrogen) atoms. The molecule has 0 bridgehead atoms. The largest absolute Gasteiger partial charge is 0.298 e. The molecule has 0 aliphatic heterocycles. The number of aromatic nitrogens is 2. The van der Waals surface area contributed by atoms with E-state index in [0.29, 0.717) is 0 Å². The minimum Gasteiger partial charge on any atom is -0.298 e. The van der Waals surface area contributed by atoms with E-state index in [-0.39, 0.29) is 0 Å². The van der Waals surface area contributed by atoms with Crippen LogP contribution in [0.1, 0.15) is 0 Å². The molecule has 8 aromatic rings. The number of benzene rings is 6. The Kier molecular flexibility index (Phi) is 4.64. The molecule has 2 heterocycles. The fraction of sp³-hybridized carbons (Fsp3) is 0. The standard InChI is InChI=1S/C39H24N2/c1-2-12-27-26(11-1)28-13-3-4-15-30(28)33-22-21-25(23-35(33)31-16-6-5-14-29(27)31)36-24-41-38-20-10-9-19-37(38)40-39(41)34-18-8-7-17-32(34)36/h1-24H. The summed E-state index contributed by atoms with van der Waals surface area (Å²) in [6.07, 6.45) is 2.27. The average Bonchev–Trinajstić information content (AvgIpc) is 3.42. The van der Waals surface area contributed by atoms with Gasteiger partial charge in [0.05, 0.1) is 11.0 Å². The molecule has 9 rings (SSSR count). The first-order chi connectivity index (χ1) is 20.3. The third kappa shape index (κ3) is 3.22. The number of imidazole rings is 1. The zero-order valence-corrected chi connectivity index (χ0v) is 22.3. The molecule has 0 N–H and O–H groups in total. The smallest absolute Gasteiger partial charge is 0.145 e. The lowest BCUT2D eigenvalue weighted by atomic mass is 9.80. The second-order valence-corrected chi connectivity index (χ2v) is 10.8. The summed E-state index contributed by atoms with van der Waals surface area (Å²) in [5.41, 5.74) is 15.6. The molecule has 2 aromatic heterocycles. The van der Waals surface area contributed by atoms with Gasteiger partial charge < -0.3 is 0 Å². The zero-order valence-electron chi connectivity index (χ0n) is 22.3. The number of nitrogens with zero attached hydrogens (tertiary/aromatic N) is 2. The summed E-state index contributed by atoms with van der Waals surface area (Å²) in [5.74, 6) is 0. The third-order valence-corrected chi connectivity index (χ3v) is 8.58. The highest BCUT2D eigenvalue weighted by atomic mass is 15.0. The Bertz CT molecular complexity index is 2320. The van der Waals surface area contributed by atoms with Crippen LogP contribution in [0.5, 0.6) is 0 Å². The van der Waals surface area contributed by atoms with Gasteiger partial charge in [0.1, 0.15) is 5.65 Å². The van der Waals surface area contributed by atoms with E-state index in [2.05, 4.69) is 150 Å². The molecule has 0 amide bonds. The highest BCUT2D eigenvalue weighted by Gasteiger charge is 2.22. The number of fused-ring (bicyclic) bond motifs is 13. The summed E-state index contributed by atoms with van der Waals surface area (Å²) >= 11 is 0. The Hall–Kier alpha value is -5.47. The Morgan fingerprint density at radius 2 is 0.878 bits per heavy atom. The van der Waals surface area contributed by atoms with Crippen molar-refractivity contribution in [2.24, 2.45) is 0 Å². The highest BCUT2D eigenvalue weighted by Crippen LogP contribution is 2.48.